The molecule has 1 aromatic heterocycles. The number of benzene rings is 2. The minimum atomic E-state index is -0.290. The summed E-state index contributed by atoms with van der Waals surface area (Å²) in [5.41, 5.74) is 2.20. The number of carbonyl (C=O) groups is 1. The number of hydrogen-bond acceptors (Lipinski definition) is 4. The standard InChI is InChI=1S/C19H18N2O3/c1-13-12-17(21-24-13)19(22)20-18(14-6-4-3-5-7-14)15-8-10-16(23-2)11-9-15/h3-12,18H,1-2H3,(H,20,22)/t18-/m1/s1. The summed E-state index contributed by atoms with van der Waals surface area (Å²) in [6, 6.07) is 18.7. The van der Waals surface area contributed by atoms with E-state index in [4.69, 9.17) is 9.26 Å². The number of carbonyl (C=O) groups excluding carboxylic acids is 1. The Hall–Kier alpha value is -3.08. The predicted molar refractivity (Wildman–Crippen MR) is 90.0 cm³/mol. The van der Waals surface area contributed by atoms with Gasteiger partial charge in [0.1, 0.15) is 11.5 Å². The number of hydrogen-bond donors (Lipinski definition) is 1. The van der Waals surface area contributed by atoms with Crippen LogP contribution in [0.2, 0.25) is 0 Å². The lowest BCUT2D eigenvalue weighted by molar-refractivity contribution is 0.0934. The molecule has 122 valence electrons. The molecule has 3 aromatic rings. The van der Waals surface area contributed by atoms with Gasteiger partial charge in [0.05, 0.1) is 13.2 Å². The smallest absolute Gasteiger partial charge is 0.274 e. The first-order chi connectivity index (χ1) is 11.7. The highest BCUT2D eigenvalue weighted by molar-refractivity contribution is 5.92. The summed E-state index contributed by atoms with van der Waals surface area (Å²) in [6.07, 6.45) is 0. The molecule has 0 aliphatic rings. The van der Waals surface area contributed by atoms with Gasteiger partial charge in [-0.25, -0.2) is 0 Å². The van der Waals surface area contributed by atoms with Gasteiger partial charge in [0.2, 0.25) is 0 Å². The van der Waals surface area contributed by atoms with Gasteiger partial charge in [0.25, 0.3) is 5.91 Å². The molecule has 1 atom stereocenters. The number of aryl methyl sites for hydroxylation is 1. The lowest BCUT2D eigenvalue weighted by Gasteiger charge is -2.19. The van der Waals surface area contributed by atoms with Crippen LogP contribution in [0.3, 0.4) is 0 Å². The van der Waals surface area contributed by atoms with Gasteiger partial charge in [0, 0.05) is 6.07 Å². The van der Waals surface area contributed by atoms with Gasteiger partial charge in [0.15, 0.2) is 5.69 Å². The molecule has 1 N–H and O–H groups in total. The highest BCUT2D eigenvalue weighted by Gasteiger charge is 2.19. The van der Waals surface area contributed by atoms with E-state index in [0.717, 1.165) is 16.9 Å². The van der Waals surface area contributed by atoms with Crippen molar-refractivity contribution in [1.82, 2.24) is 10.5 Å². The van der Waals surface area contributed by atoms with E-state index in [-0.39, 0.29) is 17.6 Å². The molecular weight excluding hydrogens is 304 g/mol. The lowest BCUT2D eigenvalue weighted by atomic mass is 9.98. The van der Waals surface area contributed by atoms with Crippen molar-refractivity contribution in [2.45, 2.75) is 13.0 Å². The fourth-order valence-electron chi connectivity index (χ4n) is 2.48. The first-order valence-corrected chi connectivity index (χ1v) is 7.60. The molecular formula is C19H18N2O3. The molecule has 0 saturated heterocycles. The van der Waals surface area contributed by atoms with E-state index in [1.54, 1.807) is 20.1 Å². The molecule has 0 aliphatic heterocycles. The molecule has 0 aliphatic carbocycles. The Bertz CT molecular complexity index is 810. The fraction of sp³-hybridized carbons (Fsp3) is 0.158. The zero-order chi connectivity index (χ0) is 16.9. The van der Waals surface area contributed by atoms with Crippen molar-refractivity contribution in [3.63, 3.8) is 0 Å². The van der Waals surface area contributed by atoms with E-state index in [9.17, 15) is 4.79 Å². The quantitative estimate of drug-likeness (QED) is 0.781. The Morgan fingerprint density at radius 2 is 1.75 bits per heavy atom. The van der Waals surface area contributed by atoms with Crippen molar-refractivity contribution < 1.29 is 14.1 Å². The van der Waals surface area contributed by atoms with E-state index < -0.39 is 0 Å². The average Bonchev–Trinajstić information content (AvgIpc) is 3.07. The summed E-state index contributed by atoms with van der Waals surface area (Å²) < 4.78 is 10.2. The maximum atomic E-state index is 12.5. The van der Waals surface area contributed by atoms with Crippen LogP contribution in [0.15, 0.2) is 65.2 Å². The Labute approximate surface area is 140 Å². The van der Waals surface area contributed by atoms with Gasteiger partial charge in [-0.2, -0.15) is 0 Å². The summed E-state index contributed by atoms with van der Waals surface area (Å²) in [5.74, 6) is 1.08. The largest absolute Gasteiger partial charge is 0.497 e. The zero-order valence-corrected chi connectivity index (χ0v) is 13.5. The van der Waals surface area contributed by atoms with Gasteiger partial charge in [-0.1, -0.05) is 47.6 Å². The molecule has 1 amide bonds. The van der Waals surface area contributed by atoms with Crippen LogP contribution in [-0.4, -0.2) is 18.2 Å². The highest BCUT2D eigenvalue weighted by atomic mass is 16.5. The number of nitrogens with one attached hydrogen (secondary N) is 1. The van der Waals surface area contributed by atoms with Crippen LogP contribution in [0.4, 0.5) is 0 Å². The molecule has 0 bridgehead atoms. The minimum Gasteiger partial charge on any atom is -0.497 e. The molecule has 0 spiro atoms. The molecule has 0 saturated carbocycles. The summed E-state index contributed by atoms with van der Waals surface area (Å²) in [4.78, 5) is 12.5. The Morgan fingerprint density at radius 3 is 2.33 bits per heavy atom. The molecule has 5 nitrogen and oxygen atoms in total. The second-order valence-electron chi connectivity index (χ2n) is 5.41. The summed E-state index contributed by atoms with van der Waals surface area (Å²) in [6.45, 7) is 1.75. The van der Waals surface area contributed by atoms with Crippen LogP contribution < -0.4 is 10.1 Å². The van der Waals surface area contributed by atoms with E-state index in [0.29, 0.717) is 5.76 Å². The van der Waals surface area contributed by atoms with Crippen LogP contribution in [0.1, 0.15) is 33.4 Å². The molecule has 1 heterocycles. The van der Waals surface area contributed by atoms with Crippen LogP contribution in [0, 0.1) is 6.92 Å². The Morgan fingerprint density at radius 1 is 1.08 bits per heavy atom. The van der Waals surface area contributed by atoms with Crippen molar-refractivity contribution in [2.75, 3.05) is 7.11 Å². The van der Waals surface area contributed by atoms with Gasteiger partial charge < -0.3 is 14.6 Å². The van der Waals surface area contributed by atoms with Gasteiger partial charge in [-0.3, -0.25) is 4.79 Å². The number of methoxy groups -OCH3 is 1. The highest BCUT2D eigenvalue weighted by Crippen LogP contribution is 2.24. The van der Waals surface area contributed by atoms with Crippen molar-refractivity contribution in [3.8, 4) is 5.75 Å². The molecule has 0 fully saturated rings. The summed E-state index contributed by atoms with van der Waals surface area (Å²) >= 11 is 0. The van der Waals surface area contributed by atoms with Crippen LogP contribution in [0.25, 0.3) is 0 Å². The molecule has 0 unspecified atom stereocenters. The van der Waals surface area contributed by atoms with Crippen LogP contribution in [0.5, 0.6) is 5.75 Å². The number of amides is 1. The molecule has 24 heavy (non-hydrogen) atoms. The maximum absolute atomic E-state index is 12.5. The van der Waals surface area contributed by atoms with Crippen molar-refractivity contribution >= 4 is 5.91 Å². The number of nitrogens with zero attached hydrogens (tertiary/aromatic N) is 1. The summed E-state index contributed by atoms with van der Waals surface area (Å²) in [7, 11) is 1.62. The van der Waals surface area contributed by atoms with Crippen LogP contribution in [-0.2, 0) is 0 Å². The number of rotatable bonds is 5. The van der Waals surface area contributed by atoms with Gasteiger partial charge >= 0.3 is 0 Å². The molecule has 5 heteroatoms. The normalized spacial score (nSPS) is 11.8. The van der Waals surface area contributed by atoms with Gasteiger partial charge in [-0.05, 0) is 30.2 Å². The first-order valence-electron chi connectivity index (χ1n) is 7.60. The third-order valence-electron chi connectivity index (χ3n) is 3.72. The second-order valence-corrected chi connectivity index (χ2v) is 5.41. The van der Waals surface area contributed by atoms with Crippen molar-refractivity contribution in [1.29, 1.82) is 0 Å². The predicted octanol–water partition coefficient (Wildman–Crippen LogP) is 3.51. The monoisotopic (exact) mass is 322 g/mol. The lowest BCUT2D eigenvalue weighted by Crippen LogP contribution is -2.29. The average molecular weight is 322 g/mol. The van der Waals surface area contributed by atoms with E-state index in [1.807, 2.05) is 54.6 Å². The Balaban J connectivity index is 1.91. The van der Waals surface area contributed by atoms with E-state index in [1.165, 1.54) is 0 Å². The minimum absolute atomic E-state index is 0.266. The molecule has 0 radical (unpaired) electrons. The second kappa shape index (κ2) is 7.00. The number of aromatic nitrogens is 1. The third-order valence-corrected chi connectivity index (χ3v) is 3.72. The SMILES string of the molecule is COc1ccc([C@H](NC(=O)c2cc(C)on2)c2ccccc2)cc1. The third kappa shape index (κ3) is 3.46. The molecule has 2 aromatic carbocycles. The van der Waals surface area contributed by atoms with Gasteiger partial charge in [-0.15, -0.1) is 0 Å². The maximum Gasteiger partial charge on any atom is 0.274 e. The fourth-order valence-corrected chi connectivity index (χ4v) is 2.48. The van der Waals surface area contributed by atoms with Crippen molar-refractivity contribution in [2.24, 2.45) is 0 Å². The topological polar surface area (TPSA) is 64.4 Å². The first kappa shape index (κ1) is 15.8. The number of ether oxygens (including phenoxy) is 1. The van der Waals surface area contributed by atoms with Crippen molar-refractivity contribution in [3.05, 3.63) is 83.2 Å². The Kier molecular flexibility index (Phi) is 4.61. The zero-order valence-electron chi connectivity index (χ0n) is 13.5. The van der Waals surface area contributed by atoms with E-state index in [2.05, 4.69) is 10.5 Å². The van der Waals surface area contributed by atoms with E-state index >= 15 is 0 Å². The summed E-state index contributed by atoms with van der Waals surface area (Å²) in [5, 5.41) is 6.79. The molecule has 3 rings (SSSR count). The van der Waals surface area contributed by atoms with Crippen LogP contribution >= 0.6 is 0 Å².